The molecule has 0 spiro atoms. The lowest BCUT2D eigenvalue weighted by atomic mass is 10.1. The van der Waals surface area contributed by atoms with Crippen LogP contribution in [0.5, 0.6) is 0 Å². The molecule has 0 saturated heterocycles. The molecule has 0 aliphatic carbocycles. The average Bonchev–Trinajstić information content (AvgIpc) is 2.51. The largest absolute Gasteiger partial charge is 0.480 e. The van der Waals surface area contributed by atoms with Crippen LogP contribution in [-0.4, -0.2) is 30.3 Å². The van der Waals surface area contributed by atoms with E-state index in [0.717, 1.165) is 13.0 Å². The lowest BCUT2D eigenvalue weighted by Crippen LogP contribution is -2.44. The minimum Gasteiger partial charge on any atom is -0.480 e. The maximum Gasteiger partial charge on any atom is 0.317 e. The molecule has 0 aromatic heterocycles. The van der Waals surface area contributed by atoms with Crippen molar-refractivity contribution in [1.82, 2.24) is 10.6 Å². The summed E-state index contributed by atoms with van der Waals surface area (Å²) in [5, 5.41) is 15.0. The molecule has 0 fully saturated rings. The van der Waals surface area contributed by atoms with E-state index in [1.54, 1.807) is 0 Å². The van der Waals surface area contributed by atoms with E-state index in [2.05, 4.69) is 24.5 Å². The summed E-state index contributed by atoms with van der Waals surface area (Å²) >= 11 is 0. The molecule has 0 bridgehead atoms. The van der Waals surface area contributed by atoms with Crippen LogP contribution in [0.15, 0.2) is 0 Å². The van der Waals surface area contributed by atoms with Crippen LogP contribution in [0.4, 0.5) is 0 Å². The number of hydrogen-bond acceptors (Lipinski definition) is 3. The Labute approximate surface area is 137 Å². The van der Waals surface area contributed by atoms with Gasteiger partial charge in [0.1, 0.15) is 0 Å². The highest BCUT2D eigenvalue weighted by Crippen LogP contribution is 2.11. The van der Waals surface area contributed by atoms with E-state index in [9.17, 15) is 4.79 Å². The number of hydrogen-bond donors (Lipinski definition) is 3. The summed E-state index contributed by atoms with van der Waals surface area (Å²) in [6.45, 7) is 5.33. The van der Waals surface area contributed by atoms with Gasteiger partial charge in [-0.3, -0.25) is 10.1 Å². The quantitative estimate of drug-likeness (QED) is 0.277. The van der Waals surface area contributed by atoms with E-state index in [-0.39, 0.29) is 12.7 Å². The Morgan fingerprint density at radius 3 is 1.77 bits per heavy atom. The van der Waals surface area contributed by atoms with E-state index < -0.39 is 5.97 Å². The molecule has 132 valence electrons. The average molecular weight is 315 g/mol. The van der Waals surface area contributed by atoms with Crippen LogP contribution < -0.4 is 10.6 Å². The minimum atomic E-state index is -0.796. The number of unbranched alkanes of at least 4 members (excludes halogenated alkanes) is 10. The van der Waals surface area contributed by atoms with Crippen molar-refractivity contribution in [3.05, 3.63) is 0 Å². The van der Waals surface area contributed by atoms with Crippen molar-refractivity contribution in [3.63, 3.8) is 0 Å². The van der Waals surface area contributed by atoms with Crippen LogP contribution in [-0.2, 0) is 4.79 Å². The second-order valence-corrected chi connectivity index (χ2v) is 6.23. The van der Waals surface area contributed by atoms with Gasteiger partial charge < -0.3 is 10.4 Å². The molecule has 22 heavy (non-hydrogen) atoms. The third kappa shape index (κ3) is 15.8. The van der Waals surface area contributed by atoms with E-state index in [1.807, 2.05) is 0 Å². The highest BCUT2D eigenvalue weighted by Gasteiger charge is 2.05. The van der Waals surface area contributed by atoms with Crippen molar-refractivity contribution in [1.29, 1.82) is 0 Å². The van der Waals surface area contributed by atoms with Gasteiger partial charge in [-0.25, -0.2) is 0 Å². The Hall–Kier alpha value is -0.610. The first-order valence-corrected chi connectivity index (χ1v) is 9.39. The third-order valence-corrected chi connectivity index (χ3v) is 4.08. The summed E-state index contributed by atoms with van der Waals surface area (Å²) in [6, 6.07) is 0. The molecule has 0 aromatic carbocycles. The van der Waals surface area contributed by atoms with Gasteiger partial charge in [-0.2, -0.15) is 0 Å². The standard InChI is InChI=1S/C18H38N2O2/c1-3-5-6-7-8-9-10-11-12-13-14-15-19-17(4-2)20-16-18(21)22/h17,19-20H,3-16H2,1-2H3,(H,21,22). The highest BCUT2D eigenvalue weighted by molar-refractivity contribution is 5.69. The van der Waals surface area contributed by atoms with E-state index in [4.69, 9.17) is 5.11 Å². The van der Waals surface area contributed by atoms with Gasteiger partial charge in [-0.15, -0.1) is 0 Å². The fraction of sp³-hybridized carbons (Fsp3) is 0.944. The molecule has 0 aliphatic heterocycles. The number of nitrogens with one attached hydrogen (secondary N) is 2. The molecule has 0 amide bonds. The fourth-order valence-corrected chi connectivity index (χ4v) is 2.64. The van der Waals surface area contributed by atoms with Gasteiger partial charge >= 0.3 is 5.97 Å². The lowest BCUT2D eigenvalue weighted by Gasteiger charge is -2.17. The molecule has 0 saturated carbocycles. The van der Waals surface area contributed by atoms with Gasteiger partial charge in [0, 0.05) is 0 Å². The fourth-order valence-electron chi connectivity index (χ4n) is 2.64. The molecule has 0 rings (SSSR count). The molecular formula is C18H38N2O2. The number of carbonyl (C=O) groups is 1. The normalized spacial score (nSPS) is 12.5. The molecule has 1 atom stereocenters. The zero-order valence-electron chi connectivity index (χ0n) is 14.8. The first kappa shape index (κ1) is 21.4. The Kier molecular flexibility index (Phi) is 16.3. The Bertz CT molecular complexity index is 247. The first-order valence-electron chi connectivity index (χ1n) is 9.39. The predicted molar refractivity (Wildman–Crippen MR) is 94.2 cm³/mol. The third-order valence-electron chi connectivity index (χ3n) is 4.08. The summed E-state index contributed by atoms with van der Waals surface area (Å²) in [5.41, 5.74) is 0. The van der Waals surface area contributed by atoms with Crippen LogP contribution in [0.3, 0.4) is 0 Å². The summed E-state index contributed by atoms with van der Waals surface area (Å²) in [5.74, 6) is -0.796. The summed E-state index contributed by atoms with van der Waals surface area (Å²) in [6.07, 6.45) is 15.9. The van der Waals surface area contributed by atoms with Gasteiger partial charge in [0.05, 0.1) is 12.7 Å². The summed E-state index contributed by atoms with van der Waals surface area (Å²) in [7, 11) is 0. The Morgan fingerprint density at radius 2 is 1.32 bits per heavy atom. The molecule has 1 unspecified atom stereocenters. The van der Waals surface area contributed by atoms with Gasteiger partial charge in [-0.1, -0.05) is 78.1 Å². The second-order valence-electron chi connectivity index (χ2n) is 6.23. The Morgan fingerprint density at radius 1 is 0.818 bits per heavy atom. The monoisotopic (exact) mass is 314 g/mol. The zero-order chi connectivity index (χ0) is 16.5. The summed E-state index contributed by atoms with van der Waals surface area (Å²) < 4.78 is 0. The predicted octanol–water partition coefficient (Wildman–Crippen LogP) is 4.30. The van der Waals surface area contributed by atoms with Crippen LogP contribution in [0.1, 0.15) is 90.9 Å². The van der Waals surface area contributed by atoms with Crippen LogP contribution in [0.2, 0.25) is 0 Å². The van der Waals surface area contributed by atoms with Crippen LogP contribution >= 0.6 is 0 Å². The lowest BCUT2D eigenvalue weighted by molar-refractivity contribution is -0.136. The minimum absolute atomic E-state index is 0.0315. The van der Waals surface area contributed by atoms with E-state index in [1.165, 1.54) is 70.6 Å². The SMILES string of the molecule is CCCCCCCCCCCCCNC(CC)NCC(=O)O. The number of aliphatic carboxylic acids is 1. The number of carboxylic acid groups (broad SMARTS) is 1. The van der Waals surface area contributed by atoms with Crippen molar-refractivity contribution in [2.24, 2.45) is 0 Å². The Balaban J connectivity index is 3.23. The van der Waals surface area contributed by atoms with Crippen molar-refractivity contribution in [2.75, 3.05) is 13.1 Å². The van der Waals surface area contributed by atoms with Crippen LogP contribution in [0.25, 0.3) is 0 Å². The van der Waals surface area contributed by atoms with Gasteiger partial charge in [0.15, 0.2) is 0 Å². The number of rotatable bonds is 17. The van der Waals surface area contributed by atoms with Gasteiger partial charge in [0.25, 0.3) is 0 Å². The zero-order valence-corrected chi connectivity index (χ0v) is 14.8. The molecule has 0 aromatic rings. The molecule has 0 radical (unpaired) electrons. The van der Waals surface area contributed by atoms with Crippen molar-refractivity contribution >= 4 is 5.97 Å². The topological polar surface area (TPSA) is 61.4 Å². The molecule has 4 nitrogen and oxygen atoms in total. The van der Waals surface area contributed by atoms with Crippen molar-refractivity contribution in [3.8, 4) is 0 Å². The molecule has 0 heterocycles. The van der Waals surface area contributed by atoms with Crippen molar-refractivity contribution in [2.45, 2.75) is 97.1 Å². The van der Waals surface area contributed by atoms with Crippen molar-refractivity contribution < 1.29 is 9.90 Å². The summed E-state index contributed by atoms with van der Waals surface area (Å²) in [4.78, 5) is 10.5. The molecule has 3 N–H and O–H groups in total. The second kappa shape index (κ2) is 16.8. The maximum absolute atomic E-state index is 10.5. The smallest absolute Gasteiger partial charge is 0.317 e. The highest BCUT2D eigenvalue weighted by atomic mass is 16.4. The first-order chi connectivity index (χ1) is 10.7. The van der Waals surface area contributed by atoms with Gasteiger partial charge in [-0.05, 0) is 19.4 Å². The molecular weight excluding hydrogens is 276 g/mol. The van der Waals surface area contributed by atoms with E-state index in [0.29, 0.717) is 0 Å². The molecule has 4 heteroatoms. The number of carboxylic acids is 1. The van der Waals surface area contributed by atoms with Gasteiger partial charge in [0.2, 0.25) is 0 Å². The van der Waals surface area contributed by atoms with E-state index >= 15 is 0 Å². The maximum atomic E-state index is 10.5. The van der Waals surface area contributed by atoms with Crippen LogP contribution in [0, 0.1) is 0 Å². The molecule has 0 aliphatic rings.